The largest absolute Gasteiger partial charge is 0.455 e. The number of halogens is 3. The molecule has 1 N–H and O–H groups in total. The van der Waals surface area contributed by atoms with Crippen molar-refractivity contribution in [2.75, 3.05) is 19.0 Å². The number of carbonyl (C=O) groups excluding carboxylic acids is 1. The van der Waals surface area contributed by atoms with E-state index in [1.165, 1.54) is 7.11 Å². The number of aromatic nitrogens is 2. The number of aryl methyl sites for hydroxylation is 1. The molecule has 1 atom stereocenters. The fourth-order valence-electron chi connectivity index (χ4n) is 3.91. The monoisotopic (exact) mass is 509 g/mol. The van der Waals surface area contributed by atoms with Crippen LogP contribution in [0.3, 0.4) is 0 Å². The molecular formula is C24H26Cl3N3O3. The molecule has 1 saturated carbocycles. The van der Waals surface area contributed by atoms with Gasteiger partial charge < -0.3 is 19.4 Å². The molecule has 1 aliphatic carbocycles. The van der Waals surface area contributed by atoms with E-state index in [1.807, 2.05) is 18.2 Å². The van der Waals surface area contributed by atoms with Gasteiger partial charge in [0.25, 0.3) is 0 Å². The van der Waals surface area contributed by atoms with Gasteiger partial charge in [0, 0.05) is 30.2 Å². The maximum Gasteiger partial charge on any atom is 0.332 e. The van der Waals surface area contributed by atoms with Crippen molar-refractivity contribution in [2.24, 2.45) is 5.92 Å². The summed E-state index contributed by atoms with van der Waals surface area (Å²) < 4.78 is 12.9. The first-order chi connectivity index (χ1) is 15.9. The van der Waals surface area contributed by atoms with Gasteiger partial charge in [-0.2, -0.15) is 0 Å². The van der Waals surface area contributed by atoms with Crippen molar-refractivity contribution >= 4 is 63.4 Å². The molecule has 1 aromatic heterocycles. The average Bonchev–Trinajstić information content (AvgIpc) is 3.55. The van der Waals surface area contributed by atoms with Crippen LogP contribution in [0.25, 0.3) is 11.0 Å². The highest BCUT2D eigenvalue weighted by atomic mass is 35.5. The first kappa shape index (κ1) is 24.1. The molecule has 0 aliphatic heterocycles. The number of nitrogens with one attached hydrogen (secondary N) is 1. The highest BCUT2D eigenvalue weighted by Gasteiger charge is 2.37. The summed E-state index contributed by atoms with van der Waals surface area (Å²) in [5, 5.41) is 4.92. The minimum absolute atomic E-state index is 0.0864. The topological polar surface area (TPSA) is 65.4 Å². The molecule has 0 radical (unpaired) electrons. The van der Waals surface area contributed by atoms with E-state index >= 15 is 0 Å². The molecule has 0 amide bonds. The summed E-state index contributed by atoms with van der Waals surface area (Å²) in [7, 11) is 1.48. The number of unbranched alkanes of at least 4 members (excludes halogenated alkanes) is 1. The molecule has 6 nitrogen and oxygen atoms in total. The van der Waals surface area contributed by atoms with Crippen LogP contribution >= 0.6 is 34.8 Å². The number of ether oxygens (including phenoxy) is 2. The van der Waals surface area contributed by atoms with Crippen molar-refractivity contribution < 1.29 is 14.3 Å². The smallest absolute Gasteiger partial charge is 0.332 e. The molecule has 1 unspecified atom stereocenters. The van der Waals surface area contributed by atoms with Crippen LogP contribution in [0.5, 0.6) is 0 Å². The SMILES string of the molecule is CCCCn1c(Nc2ccc(Cl)cc2Cl)nc2c(Cl)ccc(C(OC(=O)COC)C3CC3)c21. The van der Waals surface area contributed by atoms with Crippen molar-refractivity contribution in [1.82, 2.24) is 9.55 Å². The summed E-state index contributed by atoms with van der Waals surface area (Å²) in [4.78, 5) is 17.1. The number of anilines is 2. The number of hydrogen-bond donors (Lipinski definition) is 1. The molecule has 2 aromatic carbocycles. The second-order valence-electron chi connectivity index (χ2n) is 8.20. The Hall–Kier alpha value is -1.99. The molecule has 1 fully saturated rings. The number of benzene rings is 2. The molecule has 0 spiro atoms. The summed E-state index contributed by atoms with van der Waals surface area (Å²) in [6.07, 6.45) is 3.58. The summed E-state index contributed by atoms with van der Waals surface area (Å²) >= 11 is 19.0. The minimum Gasteiger partial charge on any atom is -0.455 e. The van der Waals surface area contributed by atoms with Gasteiger partial charge in [-0.05, 0) is 43.5 Å². The van der Waals surface area contributed by atoms with E-state index in [4.69, 9.17) is 49.3 Å². The van der Waals surface area contributed by atoms with Crippen LogP contribution in [0.4, 0.5) is 11.6 Å². The van der Waals surface area contributed by atoms with Crippen LogP contribution < -0.4 is 5.32 Å². The maximum atomic E-state index is 12.3. The van der Waals surface area contributed by atoms with Crippen LogP contribution in [-0.4, -0.2) is 29.2 Å². The lowest BCUT2D eigenvalue weighted by molar-refractivity contribution is -0.154. The Labute approximate surface area is 208 Å². The van der Waals surface area contributed by atoms with Gasteiger partial charge in [-0.3, -0.25) is 0 Å². The Morgan fingerprint density at radius 3 is 2.67 bits per heavy atom. The molecule has 1 aliphatic rings. The van der Waals surface area contributed by atoms with E-state index < -0.39 is 0 Å². The molecule has 4 rings (SSSR count). The Balaban J connectivity index is 1.83. The van der Waals surface area contributed by atoms with Gasteiger partial charge >= 0.3 is 5.97 Å². The number of fused-ring (bicyclic) bond motifs is 1. The van der Waals surface area contributed by atoms with Crippen LogP contribution in [-0.2, 0) is 20.8 Å². The third kappa shape index (κ3) is 5.40. The van der Waals surface area contributed by atoms with Crippen LogP contribution in [0.15, 0.2) is 30.3 Å². The van der Waals surface area contributed by atoms with E-state index in [0.29, 0.717) is 32.2 Å². The van der Waals surface area contributed by atoms with E-state index in [0.717, 1.165) is 43.3 Å². The maximum absolute atomic E-state index is 12.3. The fraction of sp³-hybridized carbons (Fsp3) is 0.417. The van der Waals surface area contributed by atoms with Gasteiger partial charge in [0.15, 0.2) is 0 Å². The van der Waals surface area contributed by atoms with E-state index in [1.54, 1.807) is 12.1 Å². The van der Waals surface area contributed by atoms with Crippen LogP contribution in [0, 0.1) is 5.92 Å². The van der Waals surface area contributed by atoms with Crippen LogP contribution in [0.1, 0.15) is 44.3 Å². The Morgan fingerprint density at radius 1 is 1.21 bits per heavy atom. The predicted octanol–water partition coefficient (Wildman–Crippen LogP) is 7.18. The lowest BCUT2D eigenvalue weighted by atomic mass is 10.0. The van der Waals surface area contributed by atoms with Gasteiger partial charge in [0.1, 0.15) is 18.2 Å². The number of esters is 1. The minimum atomic E-state index is -0.386. The second kappa shape index (κ2) is 10.5. The fourth-order valence-corrected chi connectivity index (χ4v) is 4.56. The number of hydrogen-bond acceptors (Lipinski definition) is 5. The molecule has 33 heavy (non-hydrogen) atoms. The lowest BCUT2D eigenvalue weighted by Crippen LogP contribution is -2.18. The molecule has 9 heteroatoms. The number of imidazole rings is 1. The van der Waals surface area contributed by atoms with Gasteiger partial charge in [-0.1, -0.05) is 54.2 Å². The average molecular weight is 511 g/mol. The van der Waals surface area contributed by atoms with Crippen molar-refractivity contribution in [2.45, 2.75) is 45.3 Å². The summed E-state index contributed by atoms with van der Waals surface area (Å²) in [5.74, 6) is 0.505. The lowest BCUT2D eigenvalue weighted by Gasteiger charge is -2.20. The van der Waals surface area contributed by atoms with Crippen LogP contribution in [0.2, 0.25) is 15.1 Å². The highest BCUT2D eigenvalue weighted by molar-refractivity contribution is 6.36. The zero-order valence-corrected chi connectivity index (χ0v) is 20.8. The van der Waals surface area contributed by atoms with Gasteiger partial charge in [-0.15, -0.1) is 0 Å². The quantitative estimate of drug-likeness (QED) is 0.293. The van der Waals surface area contributed by atoms with Crippen molar-refractivity contribution in [3.63, 3.8) is 0 Å². The first-order valence-corrected chi connectivity index (χ1v) is 12.2. The Morgan fingerprint density at radius 2 is 2.00 bits per heavy atom. The Kier molecular flexibility index (Phi) is 7.69. The summed E-state index contributed by atoms with van der Waals surface area (Å²) in [6.45, 7) is 2.77. The molecule has 0 bridgehead atoms. The predicted molar refractivity (Wildman–Crippen MR) is 133 cm³/mol. The Bertz CT molecular complexity index is 1160. The third-order valence-corrected chi connectivity index (χ3v) is 6.52. The molecular weight excluding hydrogens is 485 g/mol. The zero-order chi connectivity index (χ0) is 23.5. The van der Waals surface area contributed by atoms with Gasteiger partial charge in [0.2, 0.25) is 5.95 Å². The number of methoxy groups -OCH3 is 1. The van der Waals surface area contributed by atoms with Crippen molar-refractivity contribution in [1.29, 1.82) is 0 Å². The third-order valence-electron chi connectivity index (χ3n) is 5.67. The highest BCUT2D eigenvalue weighted by Crippen LogP contribution is 2.46. The van der Waals surface area contributed by atoms with Gasteiger partial charge in [0.05, 0.1) is 21.2 Å². The summed E-state index contributed by atoms with van der Waals surface area (Å²) in [6, 6.07) is 9.02. The second-order valence-corrected chi connectivity index (χ2v) is 9.46. The van der Waals surface area contributed by atoms with Crippen molar-refractivity contribution in [3.8, 4) is 0 Å². The first-order valence-electron chi connectivity index (χ1n) is 11.0. The molecule has 0 saturated heterocycles. The van der Waals surface area contributed by atoms with Crippen molar-refractivity contribution in [3.05, 3.63) is 51.0 Å². The molecule has 176 valence electrons. The molecule has 3 aromatic rings. The van der Waals surface area contributed by atoms with E-state index in [2.05, 4.69) is 16.8 Å². The number of rotatable bonds is 10. The molecule has 1 heterocycles. The van der Waals surface area contributed by atoms with Gasteiger partial charge in [-0.25, -0.2) is 9.78 Å². The number of carbonyl (C=O) groups is 1. The van der Waals surface area contributed by atoms with E-state index in [-0.39, 0.29) is 24.6 Å². The summed E-state index contributed by atoms with van der Waals surface area (Å²) in [5.41, 5.74) is 3.12. The number of nitrogens with zero attached hydrogens (tertiary/aromatic N) is 2. The normalized spacial score (nSPS) is 14.5. The zero-order valence-electron chi connectivity index (χ0n) is 18.5. The van der Waals surface area contributed by atoms with E-state index in [9.17, 15) is 4.79 Å². The standard InChI is InChI=1S/C24H26Cl3N3O3/c1-3-4-11-30-22-16(23(14-5-6-14)33-20(31)13-32-2)8-9-17(26)21(22)29-24(30)28-19-10-7-15(25)12-18(19)27/h7-10,12,14,23H,3-6,11,13H2,1-2H3,(H,28,29).